The van der Waals surface area contributed by atoms with Crippen LogP contribution in [0.5, 0.6) is 0 Å². The molecular weight excluding hydrogens is 510 g/mol. The SMILES string of the molecule is CCOC(=O)c1sc(-c2cccc(NC(=O)c3ccccc3)c2)nc1Nc1ccc(N2CCN(C)CC2)cc1. The Morgan fingerprint density at radius 3 is 2.38 bits per heavy atom. The molecule has 0 spiro atoms. The third-order valence-electron chi connectivity index (χ3n) is 6.49. The number of thiazole rings is 1. The molecule has 0 atom stereocenters. The van der Waals surface area contributed by atoms with Crippen LogP contribution < -0.4 is 15.5 Å². The third-order valence-corrected chi connectivity index (χ3v) is 7.57. The van der Waals surface area contributed by atoms with E-state index in [2.05, 4.69) is 39.6 Å². The van der Waals surface area contributed by atoms with Crippen molar-refractivity contribution in [2.75, 3.05) is 55.4 Å². The normalized spacial score (nSPS) is 13.6. The van der Waals surface area contributed by atoms with Crippen molar-refractivity contribution in [3.63, 3.8) is 0 Å². The van der Waals surface area contributed by atoms with E-state index >= 15 is 0 Å². The molecule has 1 aliphatic heterocycles. The van der Waals surface area contributed by atoms with Gasteiger partial charge in [-0.3, -0.25) is 4.79 Å². The fourth-order valence-electron chi connectivity index (χ4n) is 4.34. The third kappa shape index (κ3) is 6.45. The lowest BCUT2D eigenvalue weighted by Crippen LogP contribution is -2.44. The summed E-state index contributed by atoms with van der Waals surface area (Å²) in [5, 5.41) is 6.88. The monoisotopic (exact) mass is 541 g/mol. The molecule has 8 nitrogen and oxygen atoms in total. The van der Waals surface area contributed by atoms with E-state index in [1.54, 1.807) is 19.1 Å². The van der Waals surface area contributed by atoms with E-state index in [0.29, 0.717) is 27.0 Å². The average molecular weight is 542 g/mol. The molecule has 2 N–H and O–H groups in total. The van der Waals surface area contributed by atoms with E-state index in [-0.39, 0.29) is 12.5 Å². The number of anilines is 4. The molecule has 1 amide bonds. The van der Waals surface area contributed by atoms with Gasteiger partial charge in [-0.2, -0.15) is 0 Å². The van der Waals surface area contributed by atoms with Gasteiger partial charge in [0.1, 0.15) is 5.01 Å². The molecule has 5 rings (SSSR count). The van der Waals surface area contributed by atoms with Crippen LogP contribution in [0.25, 0.3) is 10.6 Å². The molecule has 3 aromatic carbocycles. The van der Waals surface area contributed by atoms with Crippen molar-refractivity contribution in [3.8, 4) is 10.6 Å². The van der Waals surface area contributed by atoms with Crippen molar-refractivity contribution in [1.82, 2.24) is 9.88 Å². The van der Waals surface area contributed by atoms with Crippen LogP contribution in [-0.2, 0) is 4.74 Å². The molecule has 0 radical (unpaired) electrons. The highest BCUT2D eigenvalue weighted by Crippen LogP contribution is 2.34. The second-order valence-electron chi connectivity index (χ2n) is 9.28. The summed E-state index contributed by atoms with van der Waals surface area (Å²) < 4.78 is 5.31. The van der Waals surface area contributed by atoms with Gasteiger partial charge in [-0.1, -0.05) is 30.3 Å². The zero-order valence-electron chi connectivity index (χ0n) is 22.0. The summed E-state index contributed by atoms with van der Waals surface area (Å²) >= 11 is 1.26. The zero-order valence-corrected chi connectivity index (χ0v) is 22.8. The summed E-state index contributed by atoms with van der Waals surface area (Å²) in [4.78, 5) is 35.3. The summed E-state index contributed by atoms with van der Waals surface area (Å²) in [6.45, 7) is 6.13. The second kappa shape index (κ2) is 12.1. The predicted molar refractivity (Wildman–Crippen MR) is 157 cm³/mol. The largest absolute Gasteiger partial charge is 0.462 e. The minimum absolute atomic E-state index is 0.193. The first-order chi connectivity index (χ1) is 19.0. The van der Waals surface area contributed by atoms with Gasteiger partial charge in [-0.15, -0.1) is 11.3 Å². The summed E-state index contributed by atoms with van der Waals surface area (Å²) in [6, 6.07) is 24.7. The molecule has 39 heavy (non-hydrogen) atoms. The van der Waals surface area contributed by atoms with Crippen molar-refractivity contribution in [2.24, 2.45) is 0 Å². The van der Waals surface area contributed by atoms with Crippen LogP contribution >= 0.6 is 11.3 Å². The minimum Gasteiger partial charge on any atom is -0.462 e. The van der Waals surface area contributed by atoms with E-state index in [9.17, 15) is 9.59 Å². The molecule has 1 saturated heterocycles. The van der Waals surface area contributed by atoms with Gasteiger partial charge in [-0.05, 0) is 62.5 Å². The first kappa shape index (κ1) is 26.4. The Bertz CT molecular complexity index is 1430. The number of nitrogens with zero attached hydrogens (tertiary/aromatic N) is 3. The number of ether oxygens (including phenoxy) is 1. The number of benzene rings is 3. The first-order valence-corrected chi connectivity index (χ1v) is 13.8. The Kier molecular flexibility index (Phi) is 8.19. The van der Waals surface area contributed by atoms with Crippen LogP contribution in [0.1, 0.15) is 27.0 Å². The first-order valence-electron chi connectivity index (χ1n) is 13.0. The van der Waals surface area contributed by atoms with E-state index in [0.717, 1.165) is 37.4 Å². The van der Waals surface area contributed by atoms with Gasteiger partial charge < -0.3 is 25.2 Å². The number of piperazine rings is 1. The summed E-state index contributed by atoms with van der Waals surface area (Å²) in [6.07, 6.45) is 0. The minimum atomic E-state index is -0.425. The van der Waals surface area contributed by atoms with Crippen LogP contribution in [0.4, 0.5) is 22.9 Å². The van der Waals surface area contributed by atoms with Crippen LogP contribution in [0.2, 0.25) is 0 Å². The van der Waals surface area contributed by atoms with Gasteiger partial charge >= 0.3 is 5.97 Å². The van der Waals surface area contributed by atoms with Crippen molar-refractivity contribution >= 4 is 46.1 Å². The van der Waals surface area contributed by atoms with Crippen LogP contribution in [0.3, 0.4) is 0 Å². The number of nitrogens with one attached hydrogen (secondary N) is 2. The molecule has 1 aliphatic rings. The van der Waals surface area contributed by atoms with Crippen LogP contribution in [0, 0.1) is 0 Å². The Balaban J connectivity index is 1.36. The molecule has 0 unspecified atom stereocenters. The number of likely N-dealkylation sites (N-methyl/N-ethyl adjacent to an activating group) is 1. The van der Waals surface area contributed by atoms with Gasteiger partial charge in [0, 0.05) is 54.4 Å². The summed E-state index contributed by atoms with van der Waals surface area (Å²) in [5.74, 6) is -0.174. The highest BCUT2D eigenvalue weighted by molar-refractivity contribution is 7.17. The molecule has 1 fully saturated rings. The molecular formula is C30H31N5O3S. The molecule has 4 aromatic rings. The lowest BCUT2D eigenvalue weighted by atomic mass is 10.2. The Hall–Kier alpha value is -4.21. The predicted octanol–water partition coefficient (Wildman–Crippen LogP) is 5.73. The number of aromatic nitrogens is 1. The molecule has 1 aromatic heterocycles. The smallest absolute Gasteiger partial charge is 0.352 e. The maximum Gasteiger partial charge on any atom is 0.352 e. The number of rotatable bonds is 8. The number of hydrogen-bond donors (Lipinski definition) is 2. The fraction of sp³-hybridized carbons (Fsp3) is 0.233. The molecule has 0 bridgehead atoms. The lowest BCUT2D eigenvalue weighted by Gasteiger charge is -2.34. The van der Waals surface area contributed by atoms with Crippen molar-refractivity contribution < 1.29 is 14.3 Å². The highest BCUT2D eigenvalue weighted by Gasteiger charge is 2.21. The van der Waals surface area contributed by atoms with Gasteiger partial charge in [0.15, 0.2) is 10.7 Å². The van der Waals surface area contributed by atoms with E-state index < -0.39 is 5.97 Å². The molecule has 200 valence electrons. The molecule has 9 heteroatoms. The zero-order chi connectivity index (χ0) is 27.2. The summed E-state index contributed by atoms with van der Waals surface area (Å²) in [5.41, 5.74) is 4.01. The van der Waals surface area contributed by atoms with E-state index in [4.69, 9.17) is 9.72 Å². The molecule has 2 heterocycles. The summed E-state index contributed by atoms with van der Waals surface area (Å²) in [7, 11) is 2.14. The fourth-order valence-corrected chi connectivity index (χ4v) is 5.25. The maximum absolute atomic E-state index is 12.8. The standard InChI is InChI=1S/C30H31N5O3S/c1-3-38-30(37)26-27(31-23-12-14-25(15-13-23)35-18-16-34(2)17-19-35)33-29(39-26)22-10-7-11-24(20-22)32-28(36)21-8-5-4-6-9-21/h4-15,20,31H,3,16-19H2,1-2H3,(H,32,36). The number of carbonyl (C=O) groups excluding carboxylic acids is 2. The second-order valence-corrected chi connectivity index (χ2v) is 10.3. The number of hydrogen-bond acceptors (Lipinski definition) is 8. The lowest BCUT2D eigenvalue weighted by molar-refractivity contribution is 0.0533. The van der Waals surface area contributed by atoms with Gasteiger partial charge in [0.25, 0.3) is 5.91 Å². The topological polar surface area (TPSA) is 86.8 Å². The molecule has 0 saturated carbocycles. The van der Waals surface area contributed by atoms with Crippen molar-refractivity contribution in [1.29, 1.82) is 0 Å². The maximum atomic E-state index is 12.8. The van der Waals surface area contributed by atoms with Crippen molar-refractivity contribution in [3.05, 3.63) is 89.3 Å². The average Bonchev–Trinajstić information content (AvgIpc) is 3.39. The number of esters is 1. The van der Waals surface area contributed by atoms with E-state index in [1.807, 2.05) is 54.6 Å². The Labute approximate surface area is 232 Å². The Morgan fingerprint density at radius 2 is 1.67 bits per heavy atom. The van der Waals surface area contributed by atoms with Crippen LogP contribution in [-0.4, -0.2) is 61.6 Å². The van der Waals surface area contributed by atoms with Crippen LogP contribution in [0.15, 0.2) is 78.9 Å². The van der Waals surface area contributed by atoms with Gasteiger partial charge in [-0.25, -0.2) is 9.78 Å². The number of carbonyl (C=O) groups is 2. The number of amides is 1. The van der Waals surface area contributed by atoms with Crippen molar-refractivity contribution in [2.45, 2.75) is 6.92 Å². The molecule has 0 aliphatic carbocycles. The van der Waals surface area contributed by atoms with E-state index in [1.165, 1.54) is 17.0 Å². The quantitative estimate of drug-likeness (QED) is 0.275. The Morgan fingerprint density at radius 1 is 0.923 bits per heavy atom. The van der Waals surface area contributed by atoms with Gasteiger partial charge in [0.2, 0.25) is 0 Å². The highest BCUT2D eigenvalue weighted by atomic mass is 32.1. The van der Waals surface area contributed by atoms with Gasteiger partial charge in [0.05, 0.1) is 6.61 Å².